The molecule has 0 N–H and O–H groups in total. The van der Waals surface area contributed by atoms with Crippen LogP contribution in [0.25, 0.3) is 0 Å². The van der Waals surface area contributed by atoms with Crippen molar-refractivity contribution in [3.05, 3.63) is 60.2 Å². The number of rotatable bonds is 5. The summed E-state index contributed by atoms with van der Waals surface area (Å²) >= 11 is 0. The second-order valence-corrected chi connectivity index (χ2v) is 6.72. The van der Waals surface area contributed by atoms with E-state index in [1.54, 1.807) is 25.1 Å². The van der Waals surface area contributed by atoms with Crippen LogP contribution in [0.4, 0.5) is 27.6 Å². The van der Waals surface area contributed by atoms with Crippen LogP contribution in [0, 0.1) is 6.92 Å². The number of benzene rings is 2. The normalized spacial score (nSPS) is 14.4. The van der Waals surface area contributed by atoms with Crippen LogP contribution in [0.3, 0.4) is 0 Å². The van der Waals surface area contributed by atoms with E-state index in [1.807, 2.05) is 0 Å². The number of aryl methyl sites for hydroxylation is 1. The molecule has 2 nitrogen and oxygen atoms in total. The van der Waals surface area contributed by atoms with Gasteiger partial charge in [-0.3, -0.25) is 9.20 Å². The SMILES string of the molecule is Cc1ccc(S(=O)CC(=Nc2ccccc2)C(F)(F)C(F)(F)F)cc1. The Balaban J connectivity index is 2.40. The van der Waals surface area contributed by atoms with E-state index >= 15 is 0 Å². The molecule has 2 aromatic rings. The number of alkyl halides is 5. The second kappa shape index (κ2) is 7.43. The monoisotopic (exact) mass is 375 g/mol. The Morgan fingerprint density at radius 2 is 1.52 bits per heavy atom. The van der Waals surface area contributed by atoms with Gasteiger partial charge in [0.15, 0.2) is 0 Å². The second-order valence-electron chi connectivity index (χ2n) is 5.27. The standard InChI is InChI=1S/C17H14F5NOS/c1-12-7-9-14(10-8-12)25(24)11-15(16(18,19)17(20,21)22)23-13-5-3-2-4-6-13/h2-10H,11H2,1H3. The first-order valence-corrected chi connectivity index (χ1v) is 8.46. The van der Waals surface area contributed by atoms with Crippen LogP contribution >= 0.6 is 0 Å². The van der Waals surface area contributed by atoms with Crippen molar-refractivity contribution in [3.63, 3.8) is 0 Å². The third-order valence-corrected chi connectivity index (χ3v) is 4.62. The Morgan fingerprint density at radius 3 is 2.04 bits per heavy atom. The number of aliphatic imine (C=N–C) groups is 1. The highest BCUT2D eigenvalue weighted by atomic mass is 32.2. The third-order valence-electron chi connectivity index (χ3n) is 3.29. The smallest absolute Gasteiger partial charge is 0.254 e. The average Bonchev–Trinajstić information content (AvgIpc) is 2.54. The molecular formula is C17H14F5NOS. The summed E-state index contributed by atoms with van der Waals surface area (Å²) < 4.78 is 78.2. The number of hydrogen-bond donors (Lipinski definition) is 0. The van der Waals surface area contributed by atoms with Gasteiger partial charge in [0.25, 0.3) is 0 Å². The lowest BCUT2D eigenvalue weighted by Gasteiger charge is -2.21. The molecule has 0 bridgehead atoms. The maximum atomic E-state index is 13.8. The van der Waals surface area contributed by atoms with Crippen molar-refractivity contribution in [3.8, 4) is 0 Å². The van der Waals surface area contributed by atoms with Gasteiger partial charge in [-0.15, -0.1) is 0 Å². The fraction of sp³-hybridized carbons (Fsp3) is 0.235. The molecular weight excluding hydrogens is 361 g/mol. The minimum atomic E-state index is -5.82. The van der Waals surface area contributed by atoms with Crippen LogP contribution in [0.1, 0.15) is 5.56 Å². The van der Waals surface area contributed by atoms with E-state index in [9.17, 15) is 26.2 Å². The van der Waals surface area contributed by atoms with Crippen LogP contribution in [0.15, 0.2) is 64.5 Å². The fourth-order valence-corrected chi connectivity index (χ4v) is 3.01. The van der Waals surface area contributed by atoms with E-state index in [0.29, 0.717) is 0 Å². The molecule has 1 unspecified atom stereocenters. The summed E-state index contributed by atoms with van der Waals surface area (Å²) in [5.41, 5.74) is -0.702. The predicted octanol–water partition coefficient (Wildman–Crippen LogP) is 5.07. The van der Waals surface area contributed by atoms with E-state index in [-0.39, 0.29) is 10.6 Å². The van der Waals surface area contributed by atoms with Crippen LogP contribution in [-0.2, 0) is 10.8 Å². The van der Waals surface area contributed by atoms with Gasteiger partial charge in [0.1, 0.15) is 5.71 Å². The molecule has 2 aromatic carbocycles. The molecule has 0 aliphatic rings. The number of nitrogens with zero attached hydrogens (tertiary/aromatic N) is 1. The largest absolute Gasteiger partial charge is 0.459 e. The lowest BCUT2D eigenvalue weighted by Crippen LogP contribution is -2.46. The molecule has 0 aliphatic heterocycles. The van der Waals surface area contributed by atoms with Crippen molar-refractivity contribution in [1.82, 2.24) is 0 Å². The third kappa shape index (κ3) is 4.72. The molecule has 0 saturated heterocycles. The summed E-state index contributed by atoms with van der Waals surface area (Å²) in [6.45, 7) is 1.77. The summed E-state index contributed by atoms with van der Waals surface area (Å²) in [6, 6.07) is 13.1. The molecule has 25 heavy (non-hydrogen) atoms. The lowest BCUT2D eigenvalue weighted by atomic mass is 10.2. The zero-order valence-corrected chi connectivity index (χ0v) is 13.9. The van der Waals surface area contributed by atoms with E-state index < -0.39 is 34.4 Å². The maximum absolute atomic E-state index is 13.8. The summed E-state index contributed by atoms with van der Waals surface area (Å²) in [7, 11) is -2.09. The molecule has 2 rings (SSSR count). The molecule has 1 atom stereocenters. The van der Waals surface area contributed by atoms with Crippen molar-refractivity contribution in [1.29, 1.82) is 0 Å². The van der Waals surface area contributed by atoms with Crippen LogP contribution in [-0.4, -0.2) is 27.8 Å². The van der Waals surface area contributed by atoms with Crippen molar-refractivity contribution >= 4 is 22.2 Å². The van der Waals surface area contributed by atoms with Gasteiger partial charge in [0.05, 0.1) is 22.2 Å². The van der Waals surface area contributed by atoms with Gasteiger partial charge >= 0.3 is 12.1 Å². The van der Waals surface area contributed by atoms with Crippen molar-refractivity contribution in [2.24, 2.45) is 4.99 Å². The molecule has 0 aliphatic carbocycles. The molecule has 134 valence electrons. The summed E-state index contributed by atoms with van der Waals surface area (Å²) in [5.74, 6) is -6.20. The first-order chi connectivity index (χ1) is 11.6. The van der Waals surface area contributed by atoms with Gasteiger partial charge in [-0.2, -0.15) is 22.0 Å². The number of halogens is 5. The van der Waals surface area contributed by atoms with Crippen molar-refractivity contribution < 1.29 is 26.2 Å². The summed E-state index contributed by atoms with van der Waals surface area (Å²) in [5, 5.41) is 0. The Kier molecular flexibility index (Phi) is 5.72. The Bertz CT molecular complexity index is 770. The highest BCUT2D eigenvalue weighted by molar-refractivity contribution is 7.85. The molecule has 0 saturated carbocycles. The van der Waals surface area contributed by atoms with Crippen molar-refractivity contribution in [2.75, 3.05) is 5.75 Å². The first kappa shape index (κ1) is 19.2. The van der Waals surface area contributed by atoms with Gasteiger partial charge in [-0.05, 0) is 31.2 Å². The molecule has 0 heterocycles. The van der Waals surface area contributed by atoms with Gasteiger partial charge in [0, 0.05) is 4.90 Å². The molecule has 0 amide bonds. The maximum Gasteiger partial charge on any atom is 0.459 e. The zero-order chi connectivity index (χ0) is 18.7. The Hall–Kier alpha value is -2.09. The van der Waals surface area contributed by atoms with E-state index in [4.69, 9.17) is 0 Å². The average molecular weight is 375 g/mol. The molecule has 0 fully saturated rings. The van der Waals surface area contributed by atoms with E-state index in [0.717, 1.165) is 5.56 Å². The van der Waals surface area contributed by atoms with Crippen LogP contribution in [0.2, 0.25) is 0 Å². The predicted molar refractivity (Wildman–Crippen MR) is 87.0 cm³/mol. The van der Waals surface area contributed by atoms with Crippen LogP contribution < -0.4 is 0 Å². The van der Waals surface area contributed by atoms with Crippen molar-refractivity contribution in [2.45, 2.75) is 23.9 Å². The first-order valence-electron chi connectivity index (χ1n) is 7.14. The fourth-order valence-electron chi connectivity index (χ4n) is 1.91. The molecule has 0 spiro atoms. The molecule has 0 radical (unpaired) electrons. The number of para-hydroxylation sites is 1. The topological polar surface area (TPSA) is 29.4 Å². The van der Waals surface area contributed by atoms with Crippen LogP contribution in [0.5, 0.6) is 0 Å². The Labute approximate surface area is 143 Å². The minimum absolute atomic E-state index is 0.0673. The molecule has 8 heteroatoms. The van der Waals surface area contributed by atoms with E-state index in [1.165, 1.54) is 36.4 Å². The zero-order valence-electron chi connectivity index (χ0n) is 13.1. The quantitative estimate of drug-likeness (QED) is 0.530. The highest BCUT2D eigenvalue weighted by Crippen LogP contribution is 2.38. The Morgan fingerprint density at radius 1 is 0.960 bits per heavy atom. The highest BCUT2D eigenvalue weighted by Gasteiger charge is 2.61. The summed E-state index contributed by atoms with van der Waals surface area (Å²) in [6.07, 6.45) is -5.82. The minimum Gasteiger partial charge on any atom is -0.254 e. The lowest BCUT2D eigenvalue weighted by molar-refractivity contribution is -0.249. The van der Waals surface area contributed by atoms with Gasteiger partial charge in [-0.25, -0.2) is 0 Å². The van der Waals surface area contributed by atoms with E-state index in [2.05, 4.69) is 4.99 Å². The number of hydrogen-bond acceptors (Lipinski definition) is 2. The summed E-state index contributed by atoms with van der Waals surface area (Å²) in [4.78, 5) is 3.59. The van der Waals surface area contributed by atoms with Gasteiger partial charge in [0.2, 0.25) is 0 Å². The van der Waals surface area contributed by atoms with Gasteiger partial charge in [-0.1, -0.05) is 35.9 Å². The van der Waals surface area contributed by atoms with Gasteiger partial charge < -0.3 is 0 Å². The molecule has 0 aromatic heterocycles.